The van der Waals surface area contributed by atoms with Gasteiger partial charge in [0.2, 0.25) is 0 Å². The molecule has 0 saturated heterocycles. The molecule has 110 valence electrons. The number of benzene rings is 1. The maximum Gasteiger partial charge on any atom is 0.159 e. The molecule has 0 bridgehead atoms. The summed E-state index contributed by atoms with van der Waals surface area (Å²) in [7, 11) is 1.67. The van der Waals surface area contributed by atoms with E-state index in [1.165, 1.54) is 18.4 Å². The number of nitrogens with zero attached hydrogens (tertiary/aromatic N) is 2. The minimum Gasteiger partial charge on any atom is -0.497 e. The van der Waals surface area contributed by atoms with Gasteiger partial charge in [-0.2, -0.15) is 0 Å². The van der Waals surface area contributed by atoms with Gasteiger partial charge in [0.15, 0.2) is 5.82 Å². The second-order valence-electron chi connectivity index (χ2n) is 5.58. The highest BCUT2D eigenvalue weighted by Crippen LogP contribution is 2.24. The van der Waals surface area contributed by atoms with Gasteiger partial charge in [-0.05, 0) is 38.8 Å². The maximum absolute atomic E-state index is 5.27. The number of aromatic nitrogens is 2. The summed E-state index contributed by atoms with van der Waals surface area (Å²) >= 11 is 0. The number of methoxy groups -OCH3 is 1. The first-order valence-electron chi connectivity index (χ1n) is 7.39. The third kappa shape index (κ3) is 3.22. The van der Waals surface area contributed by atoms with E-state index in [1.807, 2.05) is 24.3 Å². The van der Waals surface area contributed by atoms with Crippen molar-refractivity contribution >= 4 is 0 Å². The van der Waals surface area contributed by atoms with E-state index < -0.39 is 0 Å². The Labute approximate surface area is 125 Å². The molecule has 1 aliphatic rings. The van der Waals surface area contributed by atoms with Gasteiger partial charge in [0.1, 0.15) is 5.75 Å². The second-order valence-corrected chi connectivity index (χ2v) is 5.58. The summed E-state index contributed by atoms with van der Waals surface area (Å²) in [4.78, 5) is 9.34. The van der Waals surface area contributed by atoms with Crippen LogP contribution in [-0.4, -0.2) is 23.1 Å². The summed E-state index contributed by atoms with van der Waals surface area (Å²) in [6.07, 6.45) is 2.59. The SMILES string of the molecule is COc1cccc(-c2nc(C)c(CNC3CC3)c(C)n2)c1. The molecule has 1 aromatic carbocycles. The standard InChI is InChI=1S/C17H21N3O/c1-11-16(10-18-14-7-8-14)12(2)20-17(19-11)13-5-4-6-15(9-13)21-3/h4-6,9,14,18H,7-8,10H2,1-3H3. The number of rotatable bonds is 5. The highest BCUT2D eigenvalue weighted by molar-refractivity contribution is 5.58. The van der Waals surface area contributed by atoms with E-state index in [0.29, 0.717) is 6.04 Å². The molecule has 4 heteroatoms. The molecule has 1 heterocycles. The molecule has 1 aromatic heterocycles. The van der Waals surface area contributed by atoms with Crippen LogP contribution in [0.25, 0.3) is 11.4 Å². The molecule has 1 aliphatic carbocycles. The maximum atomic E-state index is 5.27. The molecule has 4 nitrogen and oxygen atoms in total. The van der Waals surface area contributed by atoms with Gasteiger partial charge in [-0.15, -0.1) is 0 Å². The zero-order valence-electron chi connectivity index (χ0n) is 12.8. The Morgan fingerprint density at radius 1 is 1.19 bits per heavy atom. The van der Waals surface area contributed by atoms with Crippen molar-refractivity contribution < 1.29 is 4.74 Å². The predicted octanol–water partition coefficient (Wildman–Crippen LogP) is 3.02. The van der Waals surface area contributed by atoms with Crippen LogP contribution < -0.4 is 10.1 Å². The monoisotopic (exact) mass is 283 g/mol. The molecule has 1 saturated carbocycles. The Hall–Kier alpha value is -1.94. The predicted molar refractivity (Wildman–Crippen MR) is 83.4 cm³/mol. The van der Waals surface area contributed by atoms with Crippen LogP contribution in [0, 0.1) is 13.8 Å². The zero-order chi connectivity index (χ0) is 14.8. The molecule has 1 N–H and O–H groups in total. The number of hydrogen-bond donors (Lipinski definition) is 1. The van der Waals surface area contributed by atoms with E-state index in [9.17, 15) is 0 Å². The van der Waals surface area contributed by atoms with Crippen LogP contribution in [0.15, 0.2) is 24.3 Å². The first kappa shape index (κ1) is 14.0. The van der Waals surface area contributed by atoms with Crippen LogP contribution in [0.4, 0.5) is 0 Å². The number of ether oxygens (including phenoxy) is 1. The van der Waals surface area contributed by atoms with Crippen LogP contribution in [0.3, 0.4) is 0 Å². The fourth-order valence-electron chi connectivity index (χ4n) is 2.42. The normalized spacial score (nSPS) is 14.2. The Morgan fingerprint density at radius 2 is 1.90 bits per heavy atom. The molecule has 0 aliphatic heterocycles. The lowest BCUT2D eigenvalue weighted by Crippen LogP contribution is -2.18. The molecular formula is C17H21N3O. The van der Waals surface area contributed by atoms with E-state index in [1.54, 1.807) is 7.11 Å². The van der Waals surface area contributed by atoms with Crippen molar-refractivity contribution in [2.75, 3.05) is 7.11 Å². The largest absolute Gasteiger partial charge is 0.497 e. The first-order chi connectivity index (χ1) is 10.2. The lowest BCUT2D eigenvalue weighted by atomic mass is 10.1. The molecule has 1 fully saturated rings. The van der Waals surface area contributed by atoms with Crippen molar-refractivity contribution in [2.45, 2.75) is 39.3 Å². The van der Waals surface area contributed by atoms with E-state index in [2.05, 4.69) is 29.1 Å². The van der Waals surface area contributed by atoms with Gasteiger partial charge in [-0.25, -0.2) is 9.97 Å². The Morgan fingerprint density at radius 3 is 2.52 bits per heavy atom. The molecule has 0 spiro atoms. The van der Waals surface area contributed by atoms with Gasteiger partial charge in [0, 0.05) is 35.1 Å². The van der Waals surface area contributed by atoms with Crippen LogP contribution in [0.2, 0.25) is 0 Å². The zero-order valence-corrected chi connectivity index (χ0v) is 12.8. The van der Waals surface area contributed by atoms with Gasteiger partial charge < -0.3 is 10.1 Å². The summed E-state index contributed by atoms with van der Waals surface area (Å²) < 4.78 is 5.27. The average molecular weight is 283 g/mol. The van der Waals surface area contributed by atoms with Crippen molar-refractivity contribution in [1.82, 2.24) is 15.3 Å². The van der Waals surface area contributed by atoms with Crippen molar-refractivity contribution in [3.05, 3.63) is 41.2 Å². The van der Waals surface area contributed by atoms with Gasteiger partial charge in [0.05, 0.1) is 7.11 Å². The third-order valence-electron chi connectivity index (χ3n) is 3.89. The average Bonchev–Trinajstić information content (AvgIpc) is 3.30. The van der Waals surface area contributed by atoms with Crippen LogP contribution in [0.5, 0.6) is 5.75 Å². The molecule has 0 radical (unpaired) electrons. The topological polar surface area (TPSA) is 47.0 Å². The molecule has 0 atom stereocenters. The minimum absolute atomic E-state index is 0.696. The van der Waals surface area contributed by atoms with E-state index >= 15 is 0 Å². The van der Waals surface area contributed by atoms with E-state index in [0.717, 1.165) is 35.1 Å². The summed E-state index contributed by atoms with van der Waals surface area (Å²) in [6.45, 7) is 4.98. The Bertz CT molecular complexity index is 627. The molecular weight excluding hydrogens is 262 g/mol. The molecule has 0 unspecified atom stereocenters. The summed E-state index contributed by atoms with van der Waals surface area (Å²) in [5, 5.41) is 3.53. The van der Waals surface area contributed by atoms with Crippen molar-refractivity contribution in [2.24, 2.45) is 0 Å². The van der Waals surface area contributed by atoms with Crippen LogP contribution >= 0.6 is 0 Å². The quantitative estimate of drug-likeness (QED) is 0.916. The lowest BCUT2D eigenvalue weighted by Gasteiger charge is -2.12. The summed E-state index contributed by atoms with van der Waals surface area (Å²) in [5.41, 5.74) is 4.30. The minimum atomic E-state index is 0.696. The first-order valence-corrected chi connectivity index (χ1v) is 7.39. The molecule has 2 aromatic rings. The van der Waals surface area contributed by atoms with Crippen molar-refractivity contribution in [3.63, 3.8) is 0 Å². The summed E-state index contributed by atoms with van der Waals surface area (Å²) in [5.74, 6) is 1.59. The Kier molecular flexibility index (Phi) is 3.88. The van der Waals surface area contributed by atoms with Gasteiger partial charge in [-0.1, -0.05) is 12.1 Å². The molecule has 3 rings (SSSR count). The van der Waals surface area contributed by atoms with Gasteiger partial charge >= 0.3 is 0 Å². The molecule has 21 heavy (non-hydrogen) atoms. The van der Waals surface area contributed by atoms with Gasteiger partial charge in [-0.3, -0.25) is 0 Å². The fourth-order valence-corrected chi connectivity index (χ4v) is 2.42. The number of hydrogen-bond acceptors (Lipinski definition) is 4. The van der Waals surface area contributed by atoms with Gasteiger partial charge in [0.25, 0.3) is 0 Å². The van der Waals surface area contributed by atoms with Crippen molar-refractivity contribution in [1.29, 1.82) is 0 Å². The van der Waals surface area contributed by atoms with E-state index in [4.69, 9.17) is 4.74 Å². The van der Waals surface area contributed by atoms with Crippen molar-refractivity contribution in [3.8, 4) is 17.1 Å². The third-order valence-corrected chi connectivity index (χ3v) is 3.89. The van der Waals surface area contributed by atoms with Crippen LogP contribution in [-0.2, 0) is 6.54 Å². The Balaban J connectivity index is 1.89. The number of nitrogens with one attached hydrogen (secondary N) is 1. The second kappa shape index (κ2) is 5.82. The van der Waals surface area contributed by atoms with Crippen LogP contribution in [0.1, 0.15) is 29.8 Å². The number of aryl methyl sites for hydroxylation is 2. The fraction of sp³-hybridized carbons (Fsp3) is 0.412. The lowest BCUT2D eigenvalue weighted by molar-refractivity contribution is 0.415. The smallest absolute Gasteiger partial charge is 0.159 e. The highest BCUT2D eigenvalue weighted by Gasteiger charge is 2.21. The van der Waals surface area contributed by atoms with E-state index in [-0.39, 0.29) is 0 Å². The summed E-state index contributed by atoms with van der Waals surface area (Å²) in [6, 6.07) is 8.57. The molecule has 0 amide bonds. The highest BCUT2D eigenvalue weighted by atomic mass is 16.5.